The summed E-state index contributed by atoms with van der Waals surface area (Å²) in [6.07, 6.45) is 5.93. The zero-order valence-corrected chi connectivity index (χ0v) is 16.8. The standard InChI is InChI=1S/C17H22BrN5OS/c1-11-8-9-15(14(18)10-11)19-16(24)12(2)25-17-20-21-22-23(17)13-6-4-3-5-7-13/h8-10,12-13H,3-7H2,1-2H3,(H,19,24)/t12-/m0/s1. The van der Waals surface area contributed by atoms with Crippen molar-refractivity contribution in [3.05, 3.63) is 28.2 Å². The number of halogens is 1. The molecule has 1 fully saturated rings. The molecule has 1 aromatic carbocycles. The summed E-state index contributed by atoms with van der Waals surface area (Å²) in [6, 6.07) is 6.22. The predicted molar refractivity (Wildman–Crippen MR) is 103 cm³/mol. The molecule has 1 N–H and O–H groups in total. The number of anilines is 1. The number of hydrogen-bond donors (Lipinski definition) is 1. The number of aromatic nitrogens is 4. The zero-order chi connectivity index (χ0) is 17.8. The summed E-state index contributed by atoms with van der Waals surface area (Å²) in [5, 5.41) is 15.5. The van der Waals surface area contributed by atoms with Crippen LogP contribution in [0.3, 0.4) is 0 Å². The highest BCUT2D eigenvalue weighted by molar-refractivity contribution is 9.10. The fraction of sp³-hybridized carbons (Fsp3) is 0.529. The van der Waals surface area contributed by atoms with Crippen molar-refractivity contribution in [1.29, 1.82) is 0 Å². The highest BCUT2D eigenvalue weighted by Gasteiger charge is 2.24. The van der Waals surface area contributed by atoms with Gasteiger partial charge < -0.3 is 5.32 Å². The van der Waals surface area contributed by atoms with Gasteiger partial charge in [-0.3, -0.25) is 4.79 Å². The molecule has 1 amide bonds. The van der Waals surface area contributed by atoms with Crippen molar-refractivity contribution in [1.82, 2.24) is 20.2 Å². The molecular formula is C17H22BrN5OS. The van der Waals surface area contributed by atoms with E-state index in [1.54, 1.807) is 0 Å². The van der Waals surface area contributed by atoms with Gasteiger partial charge in [0.15, 0.2) is 0 Å². The average Bonchev–Trinajstić information content (AvgIpc) is 3.06. The van der Waals surface area contributed by atoms with Crippen LogP contribution in [0.2, 0.25) is 0 Å². The first-order chi connectivity index (χ1) is 12.0. The van der Waals surface area contributed by atoms with Gasteiger partial charge in [0.2, 0.25) is 11.1 Å². The Labute approximate surface area is 160 Å². The molecule has 0 unspecified atom stereocenters. The maximum absolute atomic E-state index is 12.5. The minimum atomic E-state index is -0.290. The number of carbonyl (C=O) groups is 1. The summed E-state index contributed by atoms with van der Waals surface area (Å²) in [6.45, 7) is 3.89. The number of aryl methyl sites for hydroxylation is 1. The summed E-state index contributed by atoms with van der Waals surface area (Å²) >= 11 is 4.90. The van der Waals surface area contributed by atoms with Crippen LogP contribution in [0.15, 0.2) is 27.8 Å². The van der Waals surface area contributed by atoms with Crippen LogP contribution in [-0.4, -0.2) is 31.4 Å². The summed E-state index contributed by atoms with van der Waals surface area (Å²) in [5.74, 6) is -0.0623. The molecule has 1 aliphatic carbocycles. The number of rotatable bonds is 5. The molecule has 2 aromatic rings. The lowest BCUT2D eigenvalue weighted by molar-refractivity contribution is -0.115. The number of nitrogens with one attached hydrogen (secondary N) is 1. The third-order valence-corrected chi connectivity index (χ3v) is 6.12. The molecular weight excluding hydrogens is 402 g/mol. The van der Waals surface area contributed by atoms with E-state index in [2.05, 4.69) is 36.8 Å². The lowest BCUT2D eigenvalue weighted by atomic mass is 9.96. The van der Waals surface area contributed by atoms with Crippen molar-refractivity contribution >= 4 is 39.3 Å². The van der Waals surface area contributed by atoms with Crippen LogP contribution >= 0.6 is 27.7 Å². The number of carbonyl (C=O) groups excluding carboxylic acids is 1. The Morgan fingerprint density at radius 3 is 2.84 bits per heavy atom. The summed E-state index contributed by atoms with van der Waals surface area (Å²) in [4.78, 5) is 12.5. The van der Waals surface area contributed by atoms with Gasteiger partial charge in [-0.1, -0.05) is 37.1 Å². The Balaban J connectivity index is 1.65. The van der Waals surface area contributed by atoms with Gasteiger partial charge in [-0.2, -0.15) is 0 Å². The van der Waals surface area contributed by atoms with Crippen LogP contribution in [-0.2, 0) is 4.79 Å². The number of hydrogen-bond acceptors (Lipinski definition) is 5. The molecule has 1 heterocycles. The van der Waals surface area contributed by atoms with Crippen molar-refractivity contribution < 1.29 is 4.79 Å². The SMILES string of the molecule is Cc1ccc(NC(=O)[C@H](C)Sc2nnnn2C2CCCCC2)c(Br)c1. The first-order valence-corrected chi connectivity index (χ1v) is 10.2. The molecule has 1 saturated carbocycles. The molecule has 25 heavy (non-hydrogen) atoms. The fourth-order valence-corrected chi connectivity index (χ4v) is 4.44. The van der Waals surface area contributed by atoms with Crippen LogP contribution in [0.5, 0.6) is 0 Å². The van der Waals surface area contributed by atoms with Crippen LogP contribution in [0.4, 0.5) is 5.69 Å². The van der Waals surface area contributed by atoms with E-state index in [4.69, 9.17) is 0 Å². The van der Waals surface area contributed by atoms with E-state index >= 15 is 0 Å². The van der Waals surface area contributed by atoms with Crippen LogP contribution in [0, 0.1) is 6.92 Å². The predicted octanol–water partition coefficient (Wildman–Crippen LogP) is 4.37. The highest BCUT2D eigenvalue weighted by Crippen LogP contribution is 2.32. The Hall–Kier alpha value is -1.41. The van der Waals surface area contributed by atoms with Crippen molar-refractivity contribution in [2.45, 2.75) is 62.4 Å². The van der Waals surface area contributed by atoms with Gasteiger partial charge in [0, 0.05) is 4.47 Å². The smallest absolute Gasteiger partial charge is 0.237 e. The summed E-state index contributed by atoms with van der Waals surface area (Å²) in [5.41, 5.74) is 1.91. The molecule has 1 aliphatic rings. The van der Waals surface area contributed by atoms with Gasteiger partial charge in [0.05, 0.1) is 17.0 Å². The van der Waals surface area contributed by atoms with Gasteiger partial charge in [0.1, 0.15) is 0 Å². The van der Waals surface area contributed by atoms with E-state index in [0.29, 0.717) is 6.04 Å². The lowest BCUT2D eigenvalue weighted by Gasteiger charge is -2.22. The zero-order valence-electron chi connectivity index (χ0n) is 14.4. The minimum Gasteiger partial charge on any atom is -0.324 e. The second-order valence-electron chi connectivity index (χ2n) is 6.43. The first kappa shape index (κ1) is 18.4. The lowest BCUT2D eigenvalue weighted by Crippen LogP contribution is -2.24. The molecule has 0 bridgehead atoms. The normalized spacial score (nSPS) is 16.6. The third-order valence-electron chi connectivity index (χ3n) is 4.42. The third kappa shape index (κ3) is 4.61. The molecule has 3 rings (SSSR count). The van der Waals surface area contributed by atoms with Crippen molar-refractivity contribution in [2.24, 2.45) is 0 Å². The second kappa shape index (κ2) is 8.31. The van der Waals surface area contributed by atoms with E-state index in [1.165, 1.54) is 31.0 Å². The largest absolute Gasteiger partial charge is 0.324 e. The number of thioether (sulfide) groups is 1. The average molecular weight is 424 g/mol. The van der Waals surface area contributed by atoms with Gasteiger partial charge in [-0.15, -0.1) is 5.10 Å². The van der Waals surface area contributed by atoms with E-state index in [-0.39, 0.29) is 11.2 Å². The van der Waals surface area contributed by atoms with E-state index in [9.17, 15) is 4.79 Å². The van der Waals surface area contributed by atoms with Gasteiger partial charge >= 0.3 is 0 Å². The quantitative estimate of drug-likeness (QED) is 0.722. The first-order valence-electron chi connectivity index (χ1n) is 8.56. The highest BCUT2D eigenvalue weighted by atomic mass is 79.9. The molecule has 0 saturated heterocycles. The Morgan fingerprint density at radius 2 is 2.12 bits per heavy atom. The topological polar surface area (TPSA) is 72.7 Å². The van der Waals surface area contributed by atoms with Gasteiger partial charge in [-0.25, -0.2) is 4.68 Å². The van der Waals surface area contributed by atoms with Crippen molar-refractivity contribution in [3.63, 3.8) is 0 Å². The number of nitrogens with zero attached hydrogens (tertiary/aromatic N) is 4. The number of tetrazole rings is 1. The molecule has 8 heteroatoms. The maximum atomic E-state index is 12.5. The van der Waals surface area contributed by atoms with E-state index in [1.807, 2.05) is 36.7 Å². The molecule has 1 atom stereocenters. The molecule has 0 spiro atoms. The van der Waals surface area contributed by atoms with Crippen LogP contribution in [0.25, 0.3) is 0 Å². The fourth-order valence-electron chi connectivity index (χ4n) is 2.99. The monoisotopic (exact) mass is 423 g/mol. The van der Waals surface area contributed by atoms with Gasteiger partial charge in [0.25, 0.3) is 0 Å². The Bertz CT molecular complexity index is 744. The summed E-state index contributed by atoms with van der Waals surface area (Å²) in [7, 11) is 0. The maximum Gasteiger partial charge on any atom is 0.237 e. The summed E-state index contributed by atoms with van der Waals surface area (Å²) < 4.78 is 2.78. The van der Waals surface area contributed by atoms with E-state index in [0.717, 1.165) is 33.7 Å². The van der Waals surface area contributed by atoms with Crippen LogP contribution < -0.4 is 5.32 Å². The van der Waals surface area contributed by atoms with Crippen LogP contribution in [0.1, 0.15) is 50.6 Å². The molecule has 134 valence electrons. The Morgan fingerprint density at radius 1 is 1.36 bits per heavy atom. The van der Waals surface area contributed by atoms with Crippen molar-refractivity contribution in [3.8, 4) is 0 Å². The number of benzene rings is 1. The molecule has 0 aliphatic heterocycles. The molecule has 1 aromatic heterocycles. The molecule has 6 nitrogen and oxygen atoms in total. The Kier molecular flexibility index (Phi) is 6.11. The van der Waals surface area contributed by atoms with Gasteiger partial charge in [-0.05, 0) is 70.7 Å². The minimum absolute atomic E-state index is 0.0623. The second-order valence-corrected chi connectivity index (χ2v) is 8.59. The molecule has 0 radical (unpaired) electrons. The number of amides is 1. The van der Waals surface area contributed by atoms with E-state index < -0.39 is 0 Å². The van der Waals surface area contributed by atoms with Crippen molar-refractivity contribution in [2.75, 3.05) is 5.32 Å².